The van der Waals surface area contributed by atoms with Gasteiger partial charge in [-0.15, -0.1) is 0 Å². The fourth-order valence-electron chi connectivity index (χ4n) is 2.37. The van der Waals surface area contributed by atoms with E-state index < -0.39 is 0 Å². The maximum absolute atomic E-state index is 13.0. The van der Waals surface area contributed by atoms with Gasteiger partial charge in [0.05, 0.1) is 12.3 Å². The molecule has 6 heteroatoms. The highest BCUT2D eigenvalue weighted by atomic mass is 19.1. The molecule has 0 radical (unpaired) electrons. The van der Waals surface area contributed by atoms with Crippen molar-refractivity contribution in [2.45, 2.75) is 6.92 Å². The monoisotopic (exact) mass is 351 g/mol. The number of anilines is 3. The predicted molar refractivity (Wildman–Crippen MR) is 99.5 cm³/mol. The van der Waals surface area contributed by atoms with E-state index >= 15 is 0 Å². The highest BCUT2D eigenvalue weighted by Gasteiger charge is 2.11. The average molecular weight is 351 g/mol. The van der Waals surface area contributed by atoms with Gasteiger partial charge in [0, 0.05) is 17.4 Å². The van der Waals surface area contributed by atoms with Gasteiger partial charge in [-0.3, -0.25) is 4.79 Å². The third-order valence-electron chi connectivity index (χ3n) is 3.57. The molecule has 3 aromatic rings. The van der Waals surface area contributed by atoms with E-state index in [1.807, 2.05) is 19.1 Å². The van der Waals surface area contributed by atoms with Crippen LogP contribution in [-0.2, 0) is 0 Å². The maximum Gasteiger partial charge on any atom is 0.255 e. The average Bonchev–Trinajstić information content (AvgIpc) is 2.66. The van der Waals surface area contributed by atoms with Crippen molar-refractivity contribution in [2.24, 2.45) is 0 Å². The van der Waals surface area contributed by atoms with Crippen molar-refractivity contribution in [3.63, 3.8) is 0 Å². The smallest absolute Gasteiger partial charge is 0.255 e. The molecule has 0 aliphatic rings. The van der Waals surface area contributed by atoms with Crippen LogP contribution in [-0.4, -0.2) is 17.5 Å². The van der Waals surface area contributed by atoms with Crippen LogP contribution in [0.4, 0.5) is 21.6 Å². The van der Waals surface area contributed by atoms with Crippen molar-refractivity contribution >= 4 is 23.1 Å². The van der Waals surface area contributed by atoms with Gasteiger partial charge in [0.2, 0.25) is 0 Å². The molecule has 1 heterocycles. The van der Waals surface area contributed by atoms with Crippen LogP contribution in [0, 0.1) is 5.82 Å². The molecule has 0 fully saturated rings. The summed E-state index contributed by atoms with van der Waals surface area (Å²) in [6, 6.07) is 16.4. The molecule has 0 bridgehead atoms. The Labute approximate surface area is 150 Å². The first-order chi connectivity index (χ1) is 12.7. The number of halogens is 1. The Bertz CT molecular complexity index is 898. The molecular formula is C20H18FN3O2. The summed E-state index contributed by atoms with van der Waals surface area (Å²) in [4.78, 5) is 16.7. The number of rotatable bonds is 6. The van der Waals surface area contributed by atoms with Crippen LogP contribution in [0.15, 0.2) is 66.9 Å². The Balaban J connectivity index is 1.75. The highest BCUT2D eigenvalue weighted by Crippen LogP contribution is 2.24. The number of para-hydroxylation sites is 2. The van der Waals surface area contributed by atoms with Gasteiger partial charge in [-0.1, -0.05) is 12.1 Å². The summed E-state index contributed by atoms with van der Waals surface area (Å²) in [5.74, 6) is 0.510. The number of pyridine rings is 1. The molecule has 1 aromatic heterocycles. The summed E-state index contributed by atoms with van der Waals surface area (Å²) in [5.41, 5.74) is 1.72. The minimum absolute atomic E-state index is 0.276. The number of amides is 1. The molecule has 5 nitrogen and oxygen atoms in total. The highest BCUT2D eigenvalue weighted by molar-refractivity contribution is 6.05. The van der Waals surface area contributed by atoms with Crippen LogP contribution in [0.2, 0.25) is 0 Å². The van der Waals surface area contributed by atoms with Gasteiger partial charge in [0.15, 0.2) is 0 Å². The van der Waals surface area contributed by atoms with Gasteiger partial charge < -0.3 is 15.4 Å². The van der Waals surface area contributed by atoms with Crippen LogP contribution in [0.1, 0.15) is 17.3 Å². The third-order valence-corrected chi connectivity index (χ3v) is 3.57. The second-order valence-corrected chi connectivity index (χ2v) is 5.44. The topological polar surface area (TPSA) is 63.2 Å². The molecular weight excluding hydrogens is 333 g/mol. The van der Waals surface area contributed by atoms with E-state index in [0.717, 1.165) is 0 Å². The molecule has 0 saturated heterocycles. The van der Waals surface area contributed by atoms with Crippen molar-refractivity contribution in [3.8, 4) is 5.75 Å². The number of carbonyl (C=O) groups is 1. The maximum atomic E-state index is 13.0. The van der Waals surface area contributed by atoms with Crippen molar-refractivity contribution in [1.82, 2.24) is 4.98 Å². The Morgan fingerprint density at radius 3 is 2.65 bits per heavy atom. The van der Waals surface area contributed by atoms with Gasteiger partial charge >= 0.3 is 0 Å². The van der Waals surface area contributed by atoms with Gasteiger partial charge in [-0.2, -0.15) is 0 Å². The fraction of sp³-hybridized carbons (Fsp3) is 0.100. The number of carbonyl (C=O) groups excluding carboxylic acids is 1. The zero-order valence-electron chi connectivity index (χ0n) is 14.2. The molecule has 0 aliphatic heterocycles. The number of nitrogens with one attached hydrogen (secondary N) is 2. The Hall–Kier alpha value is -3.41. The number of nitrogens with zero attached hydrogens (tertiary/aromatic N) is 1. The molecule has 1 amide bonds. The Morgan fingerprint density at radius 2 is 1.88 bits per heavy atom. The molecule has 26 heavy (non-hydrogen) atoms. The first kappa shape index (κ1) is 17.4. The zero-order chi connectivity index (χ0) is 18.4. The Kier molecular flexibility index (Phi) is 5.43. The van der Waals surface area contributed by atoms with Crippen molar-refractivity contribution in [3.05, 3.63) is 78.2 Å². The lowest BCUT2D eigenvalue weighted by atomic mass is 10.2. The van der Waals surface area contributed by atoms with E-state index in [1.165, 1.54) is 18.3 Å². The number of benzene rings is 2. The SMILES string of the molecule is CCOc1ccccc1NC(=O)c1ccnc(Nc2ccc(F)cc2)c1. The Morgan fingerprint density at radius 1 is 1.12 bits per heavy atom. The minimum atomic E-state index is -0.315. The second kappa shape index (κ2) is 8.11. The van der Waals surface area contributed by atoms with Crippen molar-refractivity contribution < 1.29 is 13.9 Å². The van der Waals surface area contributed by atoms with E-state index in [9.17, 15) is 9.18 Å². The summed E-state index contributed by atoms with van der Waals surface area (Å²) in [6.45, 7) is 2.39. The van der Waals surface area contributed by atoms with E-state index in [4.69, 9.17) is 4.74 Å². The molecule has 0 saturated carbocycles. The van der Waals surface area contributed by atoms with E-state index in [1.54, 1.807) is 36.4 Å². The van der Waals surface area contributed by atoms with E-state index in [-0.39, 0.29) is 11.7 Å². The van der Waals surface area contributed by atoms with Crippen molar-refractivity contribution in [2.75, 3.05) is 17.2 Å². The minimum Gasteiger partial charge on any atom is -0.492 e. The van der Waals surface area contributed by atoms with E-state index in [2.05, 4.69) is 15.6 Å². The lowest BCUT2D eigenvalue weighted by molar-refractivity contribution is 0.102. The van der Waals surface area contributed by atoms with Crippen LogP contribution in [0.25, 0.3) is 0 Å². The number of ether oxygens (including phenoxy) is 1. The van der Waals surface area contributed by atoms with Crippen LogP contribution in [0.5, 0.6) is 5.75 Å². The molecule has 0 spiro atoms. The standard InChI is InChI=1S/C20H18FN3O2/c1-2-26-18-6-4-3-5-17(18)24-20(25)14-11-12-22-19(13-14)23-16-9-7-15(21)8-10-16/h3-13H,2H2,1H3,(H,22,23)(H,24,25). The summed E-state index contributed by atoms with van der Waals surface area (Å²) in [6.07, 6.45) is 1.54. The lowest BCUT2D eigenvalue weighted by Crippen LogP contribution is -2.13. The quantitative estimate of drug-likeness (QED) is 0.680. The van der Waals surface area contributed by atoms with E-state index in [0.29, 0.717) is 35.1 Å². The normalized spacial score (nSPS) is 10.2. The first-order valence-electron chi connectivity index (χ1n) is 8.17. The molecule has 132 valence electrons. The fourth-order valence-corrected chi connectivity index (χ4v) is 2.37. The number of hydrogen-bond donors (Lipinski definition) is 2. The third kappa shape index (κ3) is 4.36. The first-order valence-corrected chi connectivity index (χ1v) is 8.17. The van der Waals surface area contributed by atoms with Crippen LogP contribution >= 0.6 is 0 Å². The van der Waals surface area contributed by atoms with Gasteiger partial charge in [0.25, 0.3) is 5.91 Å². The summed E-state index contributed by atoms with van der Waals surface area (Å²) in [7, 11) is 0. The molecule has 0 atom stereocenters. The summed E-state index contributed by atoms with van der Waals surface area (Å²) in [5, 5.41) is 5.88. The number of aromatic nitrogens is 1. The zero-order valence-corrected chi connectivity index (χ0v) is 14.2. The lowest BCUT2D eigenvalue weighted by Gasteiger charge is -2.12. The van der Waals surface area contributed by atoms with Gasteiger partial charge in [-0.05, 0) is 55.5 Å². The van der Waals surface area contributed by atoms with Crippen LogP contribution in [0.3, 0.4) is 0 Å². The van der Waals surface area contributed by atoms with Gasteiger partial charge in [0.1, 0.15) is 17.4 Å². The molecule has 3 rings (SSSR count). The van der Waals surface area contributed by atoms with Gasteiger partial charge in [-0.25, -0.2) is 9.37 Å². The molecule has 2 aromatic carbocycles. The molecule has 2 N–H and O–H groups in total. The predicted octanol–water partition coefficient (Wildman–Crippen LogP) is 4.62. The molecule has 0 aliphatic carbocycles. The number of hydrogen-bond acceptors (Lipinski definition) is 4. The van der Waals surface area contributed by atoms with Crippen LogP contribution < -0.4 is 15.4 Å². The summed E-state index contributed by atoms with van der Waals surface area (Å²) >= 11 is 0. The van der Waals surface area contributed by atoms with Crippen molar-refractivity contribution in [1.29, 1.82) is 0 Å². The summed E-state index contributed by atoms with van der Waals surface area (Å²) < 4.78 is 18.5. The second-order valence-electron chi connectivity index (χ2n) is 5.44. The largest absolute Gasteiger partial charge is 0.492 e. The molecule has 0 unspecified atom stereocenters.